The Hall–Kier alpha value is -1.12. The summed E-state index contributed by atoms with van der Waals surface area (Å²) in [6, 6.07) is 9.99. The minimum atomic E-state index is -4.67. The maximum absolute atomic E-state index is 8.74. The molecule has 0 bridgehead atoms. The van der Waals surface area contributed by atoms with Crippen molar-refractivity contribution >= 4 is 20.8 Å². The second-order valence-corrected chi connectivity index (χ2v) is 5.04. The van der Waals surface area contributed by atoms with E-state index in [4.69, 9.17) is 46.5 Å². The van der Waals surface area contributed by atoms with Crippen LogP contribution in [-0.2, 0) is 27.2 Å². The van der Waals surface area contributed by atoms with Crippen LogP contribution >= 0.6 is 0 Å². The van der Waals surface area contributed by atoms with Crippen LogP contribution < -0.4 is 11.5 Å². The Balaban J connectivity index is 0. The first kappa shape index (κ1) is 21.2. The van der Waals surface area contributed by atoms with Crippen molar-refractivity contribution < 1.29 is 35.0 Å². The van der Waals surface area contributed by atoms with Crippen LogP contribution in [0, 0.1) is 0 Å². The molecule has 0 aliphatic heterocycles. The normalized spacial score (nSPS) is 10.9. The molecule has 118 valence electrons. The number of benzene rings is 1. The molecule has 1 aromatic rings. The third-order valence-corrected chi connectivity index (χ3v) is 1.31. The highest BCUT2D eigenvalue weighted by molar-refractivity contribution is 7.80. The van der Waals surface area contributed by atoms with Gasteiger partial charge in [0.05, 0.1) is 6.17 Å². The molecular formula is C8H16N2O8S2. The zero-order chi connectivity index (χ0) is 16.4. The lowest BCUT2D eigenvalue weighted by Gasteiger charge is -2.03. The third kappa shape index (κ3) is 36.0. The topological polar surface area (TPSA) is 201 Å². The molecule has 0 fully saturated rings. The lowest BCUT2D eigenvalue weighted by molar-refractivity contribution is 0.378. The molecule has 20 heavy (non-hydrogen) atoms. The van der Waals surface area contributed by atoms with Crippen LogP contribution in [0.5, 0.6) is 0 Å². The van der Waals surface area contributed by atoms with E-state index < -0.39 is 20.8 Å². The largest absolute Gasteiger partial charge is 0.394 e. The molecule has 0 atom stereocenters. The maximum atomic E-state index is 8.74. The fraction of sp³-hybridized carbons (Fsp3) is 0.250. The van der Waals surface area contributed by atoms with Crippen molar-refractivity contribution in [1.82, 2.24) is 0 Å². The Morgan fingerprint density at radius 1 is 0.850 bits per heavy atom. The van der Waals surface area contributed by atoms with Crippen molar-refractivity contribution in [2.45, 2.75) is 12.6 Å². The number of rotatable bonds is 2. The molecule has 0 saturated heterocycles. The van der Waals surface area contributed by atoms with Crippen LogP contribution in [0.15, 0.2) is 30.3 Å². The first-order chi connectivity index (χ1) is 8.79. The highest BCUT2D eigenvalue weighted by Crippen LogP contribution is 1.98. The van der Waals surface area contributed by atoms with Gasteiger partial charge in [-0.2, -0.15) is 16.8 Å². The van der Waals surface area contributed by atoms with Gasteiger partial charge in [0.2, 0.25) is 0 Å². The predicted molar refractivity (Wildman–Crippen MR) is 70.7 cm³/mol. The van der Waals surface area contributed by atoms with Gasteiger partial charge in [0.15, 0.2) is 0 Å². The first-order valence-corrected chi connectivity index (χ1v) is 7.53. The second-order valence-electron chi connectivity index (χ2n) is 3.25. The number of nitrogens with two attached hydrogens (primary N) is 2. The fourth-order valence-electron chi connectivity index (χ4n) is 0.886. The molecule has 1 rings (SSSR count). The van der Waals surface area contributed by atoms with Gasteiger partial charge < -0.3 is 11.5 Å². The summed E-state index contributed by atoms with van der Waals surface area (Å²) < 4.78 is 63.2. The van der Waals surface area contributed by atoms with E-state index in [1.807, 2.05) is 30.3 Å². The lowest BCUT2D eigenvalue weighted by Crippen LogP contribution is -2.32. The smallest absolute Gasteiger partial charge is 0.316 e. The van der Waals surface area contributed by atoms with Crippen molar-refractivity contribution in [2.24, 2.45) is 11.5 Å². The van der Waals surface area contributed by atoms with Crippen LogP contribution in [0.25, 0.3) is 0 Å². The van der Waals surface area contributed by atoms with E-state index in [1.54, 1.807) is 0 Å². The Morgan fingerprint density at radius 3 is 1.40 bits per heavy atom. The summed E-state index contributed by atoms with van der Waals surface area (Å²) in [6.45, 7) is 0. The third-order valence-electron chi connectivity index (χ3n) is 1.31. The molecule has 0 heterocycles. The molecule has 10 nitrogen and oxygen atoms in total. The van der Waals surface area contributed by atoms with Crippen LogP contribution in [0.2, 0.25) is 0 Å². The Kier molecular flexibility index (Phi) is 10.3. The zero-order valence-corrected chi connectivity index (χ0v) is 11.7. The van der Waals surface area contributed by atoms with E-state index in [0.29, 0.717) is 0 Å². The van der Waals surface area contributed by atoms with E-state index in [9.17, 15) is 0 Å². The van der Waals surface area contributed by atoms with Crippen LogP contribution in [0.4, 0.5) is 0 Å². The number of hydrogen-bond donors (Lipinski definition) is 6. The molecule has 0 spiro atoms. The van der Waals surface area contributed by atoms with E-state index >= 15 is 0 Å². The molecule has 0 aliphatic carbocycles. The average molecular weight is 332 g/mol. The van der Waals surface area contributed by atoms with E-state index in [-0.39, 0.29) is 6.17 Å². The highest BCUT2D eigenvalue weighted by Gasteiger charge is 1.94. The quantitative estimate of drug-likeness (QED) is 0.293. The molecule has 0 unspecified atom stereocenters. The van der Waals surface area contributed by atoms with Gasteiger partial charge in [-0.3, -0.25) is 18.2 Å². The molecule has 0 aromatic heterocycles. The second kappa shape index (κ2) is 9.73. The van der Waals surface area contributed by atoms with Gasteiger partial charge in [-0.25, -0.2) is 0 Å². The minimum absolute atomic E-state index is 0.234. The maximum Gasteiger partial charge on any atom is 0.394 e. The summed E-state index contributed by atoms with van der Waals surface area (Å²) in [4.78, 5) is 0. The Labute approximate surface area is 116 Å². The summed E-state index contributed by atoms with van der Waals surface area (Å²) >= 11 is 0. The summed E-state index contributed by atoms with van der Waals surface area (Å²) in [5.74, 6) is 0. The summed E-state index contributed by atoms with van der Waals surface area (Å²) in [5.41, 5.74) is 12.0. The molecule has 0 radical (unpaired) electrons. The van der Waals surface area contributed by atoms with Crippen molar-refractivity contribution in [3.63, 3.8) is 0 Å². The number of hydrogen-bond acceptors (Lipinski definition) is 6. The van der Waals surface area contributed by atoms with Gasteiger partial charge >= 0.3 is 20.8 Å². The summed E-state index contributed by atoms with van der Waals surface area (Å²) in [6.07, 6.45) is 0.517. The van der Waals surface area contributed by atoms with Gasteiger partial charge in [-0.05, 0) is 5.56 Å². The van der Waals surface area contributed by atoms with E-state index in [2.05, 4.69) is 0 Å². The zero-order valence-electron chi connectivity index (χ0n) is 10.1. The van der Waals surface area contributed by atoms with Crippen LogP contribution in [0.1, 0.15) is 5.56 Å². The molecule has 1 aromatic carbocycles. The molecule has 0 amide bonds. The Bertz CT molecular complexity index is 509. The minimum Gasteiger partial charge on any atom is -0.316 e. The summed E-state index contributed by atoms with van der Waals surface area (Å²) in [5, 5.41) is 0. The predicted octanol–water partition coefficient (Wildman–Crippen LogP) is -0.833. The molecule has 0 saturated carbocycles. The molecule has 0 aliphatic rings. The van der Waals surface area contributed by atoms with Crippen molar-refractivity contribution in [1.29, 1.82) is 0 Å². The molecular weight excluding hydrogens is 316 g/mol. The van der Waals surface area contributed by atoms with Crippen LogP contribution in [0.3, 0.4) is 0 Å². The SMILES string of the molecule is NC(N)Cc1ccccc1.O=S(=O)(O)O.O=S(=O)(O)O. The van der Waals surface area contributed by atoms with Gasteiger partial charge in [-0.15, -0.1) is 0 Å². The first-order valence-electron chi connectivity index (χ1n) is 4.74. The van der Waals surface area contributed by atoms with Crippen molar-refractivity contribution in [3.8, 4) is 0 Å². The van der Waals surface area contributed by atoms with Gasteiger partial charge in [-0.1, -0.05) is 30.3 Å². The summed E-state index contributed by atoms with van der Waals surface area (Å²) in [7, 11) is -9.33. The lowest BCUT2D eigenvalue weighted by atomic mass is 10.1. The molecule has 8 N–H and O–H groups in total. The van der Waals surface area contributed by atoms with Gasteiger partial charge in [0.25, 0.3) is 0 Å². The average Bonchev–Trinajstić information content (AvgIpc) is 2.12. The fourth-order valence-corrected chi connectivity index (χ4v) is 0.886. The molecule has 12 heteroatoms. The standard InChI is InChI=1S/C8H12N2.2H2O4S/c9-8(10)6-7-4-2-1-3-5-7;2*1-5(2,3)4/h1-5,8H,6,9-10H2;2*(H2,1,2,3,4). The van der Waals surface area contributed by atoms with Gasteiger partial charge in [0, 0.05) is 6.42 Å². The van der Waals surface area contributed by atoms with E-state index in [1.165, 1.54) is 5.56 Å². The van der Waals surface area contributed by atoms with E-state index in [0.717, 1.165) is 6.42 Å². The van der Waals surface area contributed by atoms with Gasteiger partial charge in [0.1, 0.15) is 0 Å². The highest BCUT2D eigenvalue weighted by atomic mass is 32.3. The Morgan fingerprint density at radius 2 is 1.15 bits per heavy atom. The van der Waals surface area contributed by atoms with Crippen LogP contribution in [-0.4, -0.2) is 41.2 Å². The monoisotopic (exact) mass is 332 g/mol. The van der Waals surface area contributed by atoms with Crippen molar-refractivity contribution in [2.75, 3.05) is 0 Å². The van der Waals surface area contributed by atoms with Crippen molar-refractivity contribution in [3.05, 3.63) is 35.9 Å².